The first-order valence-electron chi connectivity index (χ1n) is 15.9. The molecular weight excluding hydrogens is 652 g/mol. The molecule has 0 bridgehead atoms. The maximum Gasteiger partial charge on any atom is 0.410 e. The minimum atomic E-state index is -0.846. The van der Waals surface area contributed by atoms with Gasteiger partial charge in [0.15, 0.2) is 0 Å². The quantitative estimate of drug-likeness (QED) is 0.200. The van der Waals surface area contributed by atoms with E-state index in [0.29, 0.717) is 69.3 Å². The van der Waals surface area contributed by atoms with Crippen LogP contribution >= 0.6 is 0 Å². The number of hydrogen-bond acceptors (Lipinski definition) is 12. The summed E-state index contributed by atoms with van der Waals surface area (Å²) in [4.78, 5) is 64.6. The van der Waals surface area contributed by atoms with Gasteiger partial charge in [-0.25, -0.2) is 9.59 Å². The van der Waals surface area contributed by atoms with E-state index in [-0.39, 0.29) is 23.4 Å². The minimum absolute atomic E-state index is 0.128. The van der Waals surface area contributed by atoms with Crippen LogP contribution in [-0.2, 0) is 9.47 Å². The number of primary amides is 2. The summed E-state index contributed by atoms with van der Waals surface area (Å²) in [5.41, 5.74) is 17.0. The van der Waals surface area contributed by atoms with E-state index in [1.54, 1.807) is 28.0 Å². The van der Waals surface area contributed by atoms with Crippen LogP contribution in [-0.4, -0.2) is 115 Å². The molecule has 0 aromatic heterocycles. The van der Waals surface area contributed by atoms with Crippen LogP contribution in [0, 0.1) is 10.1 Å². The SMILES string of the molecule is CC(C)(C)OC(=O)N1CCN(c2ccc(N)c(C(N)=O)c2)CC1.CC(C)(C)OC(=O)N1CCN(c2ccc([N+](=O)[O-])c(C(N)=O)c2)CC1.CO. The molecule has 0 saturated carbocycles. The molecule has 2 fully saturated rings. The smallest absolute Gasteiger partial charge is 0.410 e. The van der Waals surface area contributed by atoms with Gasteiger partial charge in [0.2, 0.25) is 0 Å². The molecule has 50 heavy (non-hydrogen) atoms. The highest BCUT2D eigenvalue weighted by atomic mass is 16.6. The summed E-state index contributed by atoms with van der Waals surface area (Å²) in [6.45, 7) is 15.4. The fraction of sp³-hybridized carbons (Fsp3) is 0.515. The number of anilines is 3. The third-order valence-electron chi connectivity index (χ3n) is 7.34. The Morgan fingerprint density at radius 3 is 1.38 bits per heavy atom. The van der Waals surface area contributed by atoms with Crippen LogP contribution in [0.15, 0.2) is 36.4 Å². The van der Waals surface area contributed by atoms with Crippen LogP contribution in [0.25, 0.3) is 0 Å². The molecular formula is C33H50N8O9. The molecule has 4 rings (SSSR count). The van der Waals surface area contributed by atoms with Crippen molar-refractivity contribution in [2.45, 2.75) is 52.7 Å². The van der Waals surface area contributed by atoms with Gasteiger partial charge in [-0.3, -0.25) is 19.7 Å². The highest BCUT2D eigenvalue weighted by Crippen LogP contribution is 2.26. The number of benzene rings is 2. The number of hydrogen-bond donors (Lipinski definition) is 4. The fourth-order valence-corrected chi connectivity index (χ4v) is 4.98. The van der Waals surface area contributed by atoms with Crippen molar-refractivity contribution >= 4 is 46.8 Å². The van der Waals surface area contributed by atoms with Crippen molar-refractivity contribution in [3.63, 3.8) is 0 Å². The van der Waals surface area contributed by atoms with Gasteiger partial charge in [-0.1, -0.05) is 0 Å². The predicted octanol–water partition coefficient (Wildman–Crippen LogP) is 2.78. The summed E-state index contributed by atoms with van der Waals surface area (Å²) < 4.78 is 10.7. The third-order valence-corrected chi connectivity index (χ3v) is 7.34. The van der Waals surface area contributed by atoms with Crippen LogP contribution in [0.4, 0.5) is 32.3 Å². The molecule has 276 valence electrons. The Labute approximate surface area is 292 Å². The lowest BCUT2D eigenvalue weighted by molar-refractivity contribution is -0.385. The summed E-state index contributed by atoms with van der Waals surface area (Å²) in [5.74, 6) is -1.39. The number of aliphatic hydroxyl groups excluding tert-OH is 1. The van der Waals surface area contributed by atoms with Crippen molar-refractivity contribution in [3.05, 3.63) is 57.6 Å². The highest BCUT2D eigenvalue weighted by molar-refractivity contribution is 5.99. The molecule has 2 aliphatic rings. The zero-order valence-electron chi connectivity index (χ0n) is 29.8. The maximum atomic E-state index is 12.1. The molecule has 0 unspecified atom stereocenters. The zero-order valence-corrected chi connectivity index (χ0v) is 29.8. The lowest BCUT2D eigenvalue weighted by Gasteiger charge is -2.36. The van der Waals surface area contributed by atoms with Crippen molar-refractivity contribution in [1.82, 2.24) is 9.80 Å². The predicted molar refractivity (Wildman–Crippen MR) is 189 cm³/mol. The average Bonchev–Trinajstić information content (AvgIpc) is 3.04. The number of nitro groups is 1. The number of carbonyl (C=O) groups excluding carboxylic acids is 4. The van der Waals surface area contributed by atoms with Gasteiger partial charge in [-0.15, -0.1) is 0 Å². The lowest BCUT2D eigenvalue weighted by Crippen LogP contribution is -2.50. The fourth-order valence-electron chi connectivity index (χ4n) is 4.98. The summed E-state index contributed by atoms with van der Waals surface area (Å²) in [7, 11) is 1.00. The molecule has 2 aromatic rings. The molecule has 2 aliphatic heterocycles. The standard InChI is InChI=1S/C16H22N4O5.C16H24N4O3.CH4O/c1-16(2,3)25-15(22)19-8-6-18(7-9-19)11-4-5-13(20(23)24)12(10-11)14(17)21;1-16(2,3)23-15(22)20-8-6-19(7-9-20)11-4-5-13(17)12(10-11)14(18)21;1-2/h4-5,10H,6-9H2,1-3H3,(H2,17,21);4-5,10H,6-9,17H2,1-3H3,(H2,18,21);2H,1H3. The number of ether oxygens (including phenoxy) is 2. The van der Waals surface area contributed by atoms with Crippen LogP contribution in [0.2, 0.25) is 0 Å². The minimum Gasteiger partial charge on any atom is -0.444 e. The lowest BCUT2D eigenvalue weighted by atomic mass is 10.1. The summed E-state index contributed by atoms with van der Waals surface area (Å²) in [6.07, 6.45) is -0.666. The molecule has 0 radical (unpaired) electrons. The van der Waals surface area contributed by atoms with Gasteiger partial charge in [0.25, 0.3) is 17.5 Å². The van der Waals surface area contributed by atoms with Crippen molar-refractivity contribution in [1.29, 1.82) is 0 Å². The number of rotatable bonds is 5. The van der Waals surface area contributed by atoms with E-state index >= 15 is 0 Å². The van der Waals surface area contributed by atoms with Gasteiger partial charge >= 0.3 is 12.2 Å². The molecule has 17 heteroatoms. The zero-order chi connectivity index (χ0) is 38.0. The topological polar surface area (TPSA) is 241 Å². The molecule has 7 N–H and O–H groups in total. The number of nitrogens with zero attached hydrogens (tertiary/aromatic N) is 5. The van der Waals surface area contributed by atoms with E-state index in [2.05, 4.69) is 4.90 Å². The van der Waals surface area contributed by atoms with Crippen LogP contribution in [0.1, 0.15) is 62.3 Å². The van der Waals surface area contributed by atoms with Crippen molar-refractivity contribution in [2.75, 3.05) is 75.0 Å². The van der Waals surface area contributed by atoms with Crippen molar-refractivity contribution in [2.24, 2.45) is 11.5 Å². The monoisotopic (exact) mass is 702 g/mol. The first-order chi connectivity index (χ1) is 23.3. The molecule has 0 atom stereocenters. The van der Waals surface area contributed by atoms with E-state index in [1.165, 1.54) is 12.1 Å². The van der Waals surface area contributed by atoms with E-state index < -0.39 is 27.9 Å². The molecule has 17 nitrogen and oxygen atoms in total. The van der Waals surface area contributed by atoms with Gasteiger partial charge in [0.05, 0.1) is 10.5 Å². The maximum absolute atomic E-state index is 12.1. The Hall–Kier alpha value is -5.32. The number of nitrogen functional groups attached to an aromatic ring is 1. The van der Waals surface area contributed by atoms with Crippen molar-refractivity contribution in [3.8, 4) is 0 Å². The number of carbonyl (C=O) groups is 4. The van der Waals surface area contributed by atoms with E-state index in [0.717, 1.165) is 12.8 Å². The third kappa shape index (κ3) is 12.0. The number of piperazine rings is 2. The Morgan fingerprint density at radius 1 is 0.680 bits per heavy atom. The normalized spacial score (nSPS) is 14.7. The molecule has 0 aliphatic carbocycles. The largest absolute Gasteiger partial charge is 0.444 e. The molecule has 4 amide bonds. The second-order valence-electron chi connectivity index (χ2n) is 13.4. The molecule has 2 aromatic carbocycles. The van der Waals surface area contributed by atoms with Gasteiger partial charge in [-0.2, -0.15) is 0 Å². The van der Waals surface area contributed by atoms with Gasteiger partial charge in [0, 0.05) is 82.6 Å². The first-order valence-corrected chi connectivity index (χ1v) is 15.9. The number of nitro benzene ring substituents is 1. The van der Waals surface area contributed by atoms with E-state index in [1.807, 2.05) is 52.5 Å². The summed E-state index contributed by atoms with van der Waals surface area (Å²) >= 11 is 0. The number of aliphatic hydroxyl groups is 1. The Kier molecular flexibility index (Phi) is 14.2. The second kappa shape index (κ2) is 17.4. The van der Waals surface area contributed by atoms with Gasteiger partial charge < -0.3 is 51.4 Å². The second-order valence-corrected chi connectivity index (χ2v) is 13.4. The van der Waals surface area contributed by atoms with Crippen LogP contribution in [0.3, 0.4) is 0 Å². The van der Waals surface area contributed by atoms with E-state index in [4.69, 9.17) is 31.8 Å². The summed E-state index contributed by atoms with van der Waals surface area (Å²) in [6, 6.07) is 9.49. The number of nitrogens with two attached hydrogens (primary N) is 3. The van der Waals surface area contributed by atoms with Gasteiger partial charge in [-0.05, 0) is 71.9 Å². The Balaban J connectivity index is 0.000000331. The van der Waals surface area contributed by atoms with E-state index in [9.17, 15) is 29.3 Å². The Morgan fingerprint density at radius 2 is 1.04 bits per heavy atom. The Bertz CT molecular complexity index is 1520. The average molecular weight is 703 g/mol. The molecule has 0 spiro atoms. The molecule has 2 saturated heterocycles. The van der Waals surface area contributed by atoms with Gasteiger partial charge in [0.1, 0.15) is 16.8 Å². The first kappa shape index (κ1) is 40.9. The number of amides is 4. The highest BCUT2D eigenvalue weighted by Gasteiger charge is 2.28. The van der Waals surface area contributed by atoms with Crippen molar-refractivity contribution < 1.29 is 38.7 Å². The van der Waals surface area contributed by atoms with Crippen LogP contribution in [0.5, 0.6) is 0 Å². The summed E-state index contributed by atoms with van der Waals surface area (Å²) in [5, 5.41) is 18.0. The van der Waals surface area contributed by atoms with Crippen LogP contribution < -0.4 is 27.0 Å². The molecule has 2 heterocycles.